The number of carbonyl (C=O) groups excluding carboxylic acids is 1. The van der Waals surface area contributed by atoms with Crippen LogP contribution in [0.15, 0.2) is 35.8 Å². The number of methoxy groups -OCH3 is 2. The molecular formula is C21H26N4O4S. The van der Waals surface area contributed by atoms with Crippen LogP contribution in [-0.4, -0.2) is 54.2 Å². The standard InChI is InChI=1S/C21H26N4O4S/c1-5-29-20(26)17-10-23-25(19(17)11-22-14(2)12-27-3)21-24-18(13-30-21)15-6-8-16(28-4)9-7-15/h6-10,13-14,22H,5,11-12H2,1-4H3/t14-/m1/s1. The minimum Gasteiger partial charge on any atom is -0.497 e. The molecule has 0 saturated carbocycles. The summed E-state index contributed by atoms with van der Waals surface area (Å²) < 4.78 is 17.3. The van der Waals surface area contributed by atoms with Gasteiger partial charge in [0.15, 0.2) is 0 Å². The van der Waals surface area contributed by atoms with E-state index in [1.54, 1.807) is 25.8 Å². The highest BCUT2D eigenvalue weighted by Crippen LogP contribution is 2.27. The van der Waals surface area contributed by atoms with Gasteiger partial charge < -0.3 is 19.5 Å². The van der Waals surface area contributed by atoms with Crippen LogP contribution in [0.4, 0.5) is 0 Å². The summed E-state index contributed by atoms with van der Waals surface area (Å²) in [6.45, 7) is 5.08. The summed E-state index contributed by atoms with van der Waals surface area (Å²) in [5, 5.41) is 10.4. The summed E-state index contributed by atoms with van der Waals surface area (Å²) in [4.78, 5) is 17.1. The van der Waals surface area contributed by atoms with Gasteiger partial charge in [0.25, 0.3) is 0 Å². The molecule has 1 atom stereocenters. The molecule has 0 bridgehead atoms. The van der Waals surface area contributed by atoms with Gasteiger partial charge in [-0.25, -0.2) is 14.5 Å². The lowest BCUT2D eigenvalue weighted by Gasteiger charge is -2.14. The van der Waals surface area contributed by atoms with Crippen molar-refractivity contribution in [3.63, 3.8) is 0 Å². The van der Waals surface area contributed by atoms with Crippen molar-refractivity contribution in [2.75, 3.05) is 27.4 Å². The Balaban J connectivity index is 1.90. The summed E-state index contributed by atoms with van der Waals surface area (Å²) in [6, 6.07) is 7.82. The maximum atomic E-state index is 12.4. The average Bonchev–Trinajstić information content (AvgIpc) is 3.40. The third-order valence-corrected chi connectivity index (χ3v) is 5.27. The molecule has 0 spiro atoms. The van der Waals surface area contributed by atoms with E-state index < -0.39 is 5.97 Å². The fourth-order valence-corrected chi connectivity index (χ4v) is 3.74. The average molecular weight is 431 g/mol. The molecule has 8 nitrogen and oxygen atoms in total. The molecule has 1 aromatic carbocycles. The normalized spacial score (nSPS) is 12.0. The van der Waals surface area contributed by atoms with Crippen LogP contribution in [0.5, 0.6) is 5.75 Å². The van der Waals surface area contributed by atoms with E-state index in [2.05, 4.69) is 10.4 Å². The highest BCUT2D eigenvalue weighted by atomic mass is 32.1. The predicted molar refractivity (Wildman–Crippen MR) is 115 cm³/mol. The van der Waals surface area contributed by atoms with Crippen LogP contribution in [0.3, 0.4) is 0 Å². The predicted octanol–water partition coefficient (Wildman–Crippen LogP) is 3.31. The zero-order chi connectivity index (χ0) is 21.5. The maximum absolute atomic E-state index is 12.4. The van der Waals surface area contributed by atoms with Crippen LogP contribution in [0, 0.1) is 0 Å². The van der Waals surface area contributed by atoms with Crippen molar-refractivity contribution in [1.29, 1.82) is 0 Å². The Kier molecular flexibility index (Phi) is 7.56. The van der Waals surface area contributed by atoms with E-state index >= 15 is 0 Å². The second-order valence-electron chi connectivity index (χ2n) is 6.62. The Morgan fingerprint density at radius 3 is 2.70 bits per heavy atom. The second kappa shape index (κ2) is 10.3. The quantitative estimate of drug-likeness (QED) is 0.494. The van der Waals surface area contributed by atoms with Crippen molar-refractivity contribution in [3.05, 3.63) is 47.1 Å². The molecule has 30 heavy (non-hydrogen) atoms. The molecule has 0 radical (unpaired) electrons. The first kappa shape index (κ1) is 21.9. The molecule has 2 aromatic heterocycles. The van der Waals surface area contributed by atoms with Gasteiger partial charge in [0.1, 0.15) is 11.3 Å². The third-order valence-electron chi connectivity index (χ3n) is 4.46. The number of hydrogen-bond donors (Lipinski definition) is 1. The largest absolute Gasteiger partial charge is 0.497 e. The number of hydrogen-bond acceptors (Lipinski definition) is 8. The van der Waals surface area contributed by atoms with Gasteiger partial charge in [0.05, 0.1) is 37.9 Å². The number of benzene rings is 1. The van der Waals surface area contributed by atoms with E-state index in [9.17, 15) is 4.79 Å². The Morgan fingerprint density at radius 2 is 2.03 bits per heavy atom. The van der Waals surface area contributed by atoms with Crippen molar-refractivity contribution >= 4 is 17.3 Å². The molecule has 0 amide bonds. The highest BCUT2D eigenvalue weighted by molar-refractivity contribution is 7.12. The lowest BCUT2D eigenvalue weighted by molar-refractivity contribution is 0.0524. The van der Waals surface area contributed by atoms with Gasteiger partial charge in [0, 0.05) is 30.6 Å². The summed E-state index contributed by atoms with van der Waals surface area (Å²) in [5.41, 5.74) is 2.93. The van der Waals surface area contributed by atoms with Gasteiger partial charge in [-0.15, -0.1) is 11.3 Å². The molecule has 2 heterocycles. The molecule has 0 unspecified atom stereocenters. The molecule has 3 rings (SSSR count). The van der Waals surface area contributed by atoms with Crippen LogP contribution >= 0.6 is 11.3 Å². The summed E-state index contributed by atoms with van der Waals surface area (Å²) >= 11 is 1.46. The molecule has 0 aliphatic carbocycles. The number of carbonyl (C=O) groups is 1. The minimum absolute atomic E-state index is 0.111. The molecule has 9 heteroatoms. The Morgan fingerprint density at radius 1 is 1.27 bits per heavy atom. The number of esters is 1. The second-order valence-corrected chi connectivity index (χ2v) is 7.45. The van der Waals surface area contributed by atoms with E-state index in [-0.39, 0.29) is 6.04 Å². The topological polar surface area (TPSA) is 87.5 Å². The summed E-state index contributed by atoms with van der Waals surface area (Å²) in [5.74, 6) is 0.394. The molecule has 0 aliphatic rings. The molecule has 0 aliphatic heterocycles. The van der Waals surface area contributed by atoms with Gasteiger partial charge in [-0.2, -0.15) is 5.10 Å². The molecule has 0 fully saturated rings. The van der Waals surface area contributed by atoms with Crippen LogP contribution in [0.1, 0.15) is 29.9 Å². The maximum Gasteiger partial charge on any atom is 0.341 e. The molecule has 0 saturated heterocycles. The lowest BCUT2D eigenvalue weighted by atomic mass is 10.2. The van der Waals surface area contributed by atoms with Crippen LogP contribution in [-0.2, 0) is 16.0 Å². The fraction of sp³-hybridized carbons (Fsp3) is 0.381. The molecule has 160 valence electrons. The monoisotopic (exact) mass is 430 g/mol. The summed E-state index contributed by atoms with van der Waals surface area (Å²) in [7, 11) is 3.29. The van der Waals surface area contributed by atoms with E-state index in [1.165, 1.54) is 17.5 Å². The first-order chi connectivity index (χ1) is 14.6. The Hall–Kier alpha value is -2.75. The number of nitrogens with one attached hydrogen (secondary N) is 1. The van der Waals surface area contributed by atoms with Crippen LogP contribution in [0.2, 0.25) is 0 Å². The van der Waals surface area contributed by atoms with Crippen molar-refractivity contribution < 1.29 is 19.0 Å². The Bertz CT molecular complexity index is 968. The first-order valence-electron chi connectivity index (χ1n) is 9.64. The lowest BCUT2D eigenvalue weighted by Crippen LogP contribution is -2.31. The Labute approximate surface area is 179 Å². The van der Waals surface area contributed by atoms with Crippen molar-refractivity contribution in [3.8, 4) is 22.1 Å². The number of rotatable bonds is 10. The zero-order valence-electron chi connectivity index (χ0n) is 17.5. The number of nitrogens with zero attached hydrogens (tertiary/aromatic N) is 3. The molecule has 3 aromatic rings. The van der Waals surface area contributed by atoms with Gasteiger partial charge in [0.2, 0.25) is 5.13 Å². The number of thiazole rings is 1. The minimum atomic E-state index is -0.396. The smallest absolute Gasteiger partial charge is 0.341 e. The summed E-state index contributed by atoms with van der Waals surface area (Å²) in [6.07, 6.45) is 1.53. The van der Waals surface area contributed by atoms with Crippen molar-refractivity contribution in [2.45, 2.75) is 26.4 Å². The van der Waals surface area contributed by atoms with E-state index in [4.69, 9.17) is 19.2 Å². The van der Waals surface area contributed by atoms with Gasteiger partial charge in [-0.1, -0.05) is 0 Å². The van der Waals surface area contributed by atoms with E-state index in [1.807, 2.05) is 36.6 Å². The fourth-order valence-electron chi connectivity index (χ4n) is 2.92. The van der Waals surface area contributed by atoms with Crippen molar-refractivity contribution in [2.24, 2.45) is 0 Å². The zero-order valence-corrected chi connectivity index (χ0v) is 18.4. The SMILES string of the molecule is CCOC(=O)c1cnn(-c2nc(-c3ccc(OC)cc3)cs2)c1CN[C@H](C)COC. The van der Waals surface area contributed by atoms with Gasteiger partial charge in [-0.3, -0.25) is 0 Å². The number of ether oxygens (including phenoxy) is 3. The molecular weight excluding hydrogens is 404 g/mol. The van der Waals surface area contributed by atoms with Crippen molar-refractivity contribution in [1.82, 2.24) is 20.1 Å². The first-order valence-corrected chi connectivity index (χ1v) is 10.5. The van der Waals surface area contributed by atoms with E-state index in [0.717, 1.165) is 17.0 Å². The van der Waals surface area contributed by atoms with E-state index in [0.29, 0.717) is 36.1 Å². The third kappa shape index (κ3) is 5.05. The highest BCUT2D eigenvalue weighted by Gasteiger charge is 2.21. The van der Waals surface area contributed by atoms with Gasteiger partial charge >= 0.3 is 5.97 Å². The number of aromatic nitrogens is 3. The molecule has 1 N–H and O–H groups in total. The van der Waals surface area contributed by atoms with Gasteiger partial charge in [-0.05, 0) is 38.1 Å². The van der Waals surface area contributed by atoms with Crippen LogP contribution in [0.25, 0.3) is 16.4 Å². The van der Waals surface area contributed by atoms with Crippen LogP contribution < -0.4 is 10.1 Å².